The van der Waals surface area contributed by atoms with Crippen LogP contribution in [0.3, 0.4) is 0 Å². The van der Waals surface area contributed by atoms with Crippen LogP contribution in [0.4, 0.5) is 0 Å². The molecule has 116 valence electrons. The molecule has 1 aliphatic heterocycles. The van der Waals surface area contributed by atoms with Gasteiger partial charge in [0.25, 0.3) is 15.0 Å². The van der Waals surface area contributed by atoms with Gasteiger partial charge in [0, 0.05) is 29.3 Å². The number of methoxy groups -OCH3 is 1. The largest absolute Gasteiger partial charge is 0.495 e. The van der Waals surface area contributed by atoms with Gasteiger partial charge in [0.05, 0.1) is 7.11 Å². The van der Waals surface area contributed by atoms with Gasteiger partial charge in [-0.25, -0.2) is 8.42 Å². The van der Waals surface area contributed by atoms with Gasteiger partial charge in [-0.1, -0.05) is 6.92 Å². The van der Waals surface area contributed by atoms with Crippen molar-refractivity contribution < 1.29 is 17.9 Å². The quantitative estimate of drug-likeness (QED) is 0.798. The van der Waals surface area contributed by atoms with E-state index in [2.05, 4.69) is 6.92 Å². The Kier molecular flexibility index (Phi) is 4.78. The third kappa shape index (κ3) is 3.68. The number of benzene rings is 1. The molecule has 1 aromatic carbocycles. The lowest BCUT2D eigenvalue weighted by Gasteiger charge is -2.30. The highest BCUT2D eigenvalue weighted by molar-refractivity contribution is 8.13. The van der Waals surface area contributed by atoms with Gasteiger partial charge in [-0.05, 0) is 37.0 Å². The molecule has 0 spiro atoms. The average molecular weight is 332 g/mol. The van der Waals surface area contributed by atoms with Gasteiger partial charge in [-0.15, -0.1) is 0 Å². The van der Waals surface area contributed by atoms with Crippen LogP contribution in [0.1, 0.15) is 30.1 Å². The van der Waals surface area contributed by atoms with Crippen molar-refractivity contribution in [2.45, 2.75) is 24.7 Å². The van der Waals surface area contributed by atoms with Crippen LogP contribution in [0, 0.1) is 5.92 Å². The van der Waals surface area contributed by atoms with Crippen molar-refractivity contribution in [2.75, 3.05) is 20.2 Å². The molecule has 1 fully saturated rings. The van der Waals surface area contributed by atoms with E-state index >= 15 is 0 Å². The molecular formula is C14H18ClNO4S. The zero-order valence-corrected chi connectivity index (χ0v) is 13.6. The summed E-state index contributed by atoms with van der Waals surface area (Å²) in [5.41, 5.74) is 0.310. The molecule has 0 radical (unpaired) electrons. The van der Waals surface area contributed by atoms with Gasteiger partial charge in [-0.3, -0.25) is 4.79 Å². The van der Waals surface area contributed by atoms with E-state index in [4.69, 9.17) is 15.4 Å². The van der Waals surface area contributed by atoms with Crippen LogP contribution in [-0.4, -0.2) is 39.4 Å². The summed E-state index contributed by atoms with van der Waals surface area (Å²) in [6, 6.07) is 4.29. The van der Waals surface area contributed by atoms with Gasteiger partial charge < -0.3 is 9.64 Å². The minimum Gasteiger partial charge on any atom is -0.495 e. The fourth-order valence-electron chi connectivity index (χ4n) is 2.39. The summed E-state index contributed by atoms with van der Waals surface area (Å²) in [5, 5.41) is 0. The van der Waals surface area contributed by atoms with Crippen molar-refractivity contribution in [2.24, 2.45) is 5.92 Å². The molecule has 2 rings (SSSR count). The fraction of sp³-hybridized carbons (Fsp3) is 0.500. The highest BCUT2D eigenvalue weighted by Crippen LogP contribution is 2.28. The molecule has 0 unspecified atom stereocenters. The van der Waals surface area contributed by atoms with E-state index in [9.17, 15) is 13.2 Å². The van der Waals surface area contributed by atoms with E-state index in [1.165, 1.54) is 19.2 Å². The summed E-state index contributed by atoms with van der Waals surface area (Å²) in [7, 11) is 2.78. The predicted octanol–water partition coefficient (Wildman–Crippen LogP) is 2.49. The standard InChI is InChI=1S/C14H18ClNO4S/c1-10-5-7-16(8-6-10)14(17)11-3-4-12(20-2)13(9-11)21(15,18)19/h3-4,9-10H,5-8H2,1-2H3. The van der Waals surface area contributed by atoms with Crippen LogP contribution in [0.5, 0.6) is 5.75 Å². The highest BCUT2D eigenvalue weighted by Gasteiger charge is 2.24. The summed E-state index contributed by atoms with van der Waals surface area (Å²) >= 11 is 0. The first-order chi connectivity index (χ1) is 9.82. The first-order valence-corrected chi connectivity index (χ1v) is 9.06. The lowest BCUT2D eigenvalue weighted by Crippen LogP contribution is -2.37. The van der Waals surface area contributed by atoms with Crippen LogP contribution in [0.15, 0.2) is 23.1 Å². The van der Waals surface area contributed by atoms with Crippen molar-refractivity contribution in [3.8, 4) is 5.75 Å². The van der Waals surface area contributed by atoms with Crippen LogP contribution < -0.4 is 4.74 Å². The van der Waals surface area contributed by atoms with Crippen molar-refractivity contribution >= 4 is 25.6 Å². The number of piperidine rings is 1. The van der Waals surface area contributed by atoms with Gasteiger partial charge in [0.2, 0.25) is 0 Å². The molecule has 1 saturated heterocycles. The average Bonchev–Trinajstić information content (AvgIpc) is 2.45. The topological polar surface area (TPSA) is 63.7 Å². The zero-order chi connectivity index (χ0) is 15.6. The molecule has 0 aliphatic carbocycles. The zero-order valence-electron chi connectivity index (χ0n) is 12.0. The smallest absolute Gasteiger partial charge is 0.265 e. The van der Waals surface area contributed by atoms with Crippen LogP contribution in [0.25, 0.3) is 0 Å². The number of amides is 1. The molecule has 1 aliphatic rings. The maximum atomic E-state index is 12.4. The molecule has 0 aromatic heterocycles. The second-order valence-electron chi connectivity index (χ2n) is 5.28. The minimum absolute atomic E-state index is 0.133. The maximum Gasteiger partial charge on any atom is 0.265 e. The normalized spacial score (nSPS) is 16.8. The molecule has 0 N–H and O–H groups in total. The minimum atomic E-state index is -3.96. The molecule has 1 amide bonds. The number of carbonyl (C=O) groups excluding carboxylic acids is 1. The lowest BCUT2D eigenvalue weighted by atomic mass is 9.98. The first-order valence-electron chi connectivity index (χ1n) is 6.75. The van der Waals surface area contributed by atoms with E-state index in [0.717, 1.165) is 12.8 Å². The predicted molar refractivity (Wildman–Crippen MR) is 80.3 cm³/mol. The Hall–Kier alpha value is -1.27. The Labute approximate surface area is 129 Å². The first kappa shape index (κ1) is 16.1. The molecular weight excluding hydrogens is 314 g/mol. The Morgan fingerprint density at radius 2 is 1.95 bits per heavy atom. The van der Waals surface area contributed by atoms with E-state index in [-0.39, 0.29) is 16.6 Å². The van der Waals surface area contributed by atoms with Crippen molar-refractivity contribution in [3.63, 3.8) is 0 Å². The molecule has 0 saturated carbocycles. The fourth-order valence-corrected chi connectivity index (χ4v) is 3.42. The van der Waals surface area contributed by atoms with Gasteiger partial charge in [-0.2, -0.15) is 0 Å². The highest BCUT2D eigenvalue weighted by atomic mass is 35.7. The number of rotatable bonds is 3. The van der Waals surface area contributed by atoms with Gasteiger partial charge in [0.1, 0.15) is 10.6 Å². The van der Waals surface area contributed by atoms with Gasteiger partial charge >= 0.3 is 0 Å². The molecule has 0 atom stereocenters. The number of likely N-dealkylation sites (tertiary alicyclic amines) is 1. The van der Waals surface area contributed by atoms with Gasteiger partial charge in [0.15, 0.2) is 0 Å². The molecule has 21 heavy (non-hydrogen) atoms. The van der Waals surface area contributed by atoms with Crippen molar-refractivity contribution in [3.05, 3.63) is 23.8 Å². The van der Waals surface area contributed by atoms with E-state index < -0.39 is 9.05 Å². The second kappa shape index (κ2) is 6.23. The number of nitrogens with zero attached hydrogens (tertiary/aromatic N) is 1. The molecule has 0 bridgehead atoms. The lowest BCUT2D eigenvalue weighted by molar-refractivity contribution is 0.0697. The number of hydrogen-bond acceptors (Lipinski definition) is 4. The SMILES string of the molecule is COc1ccc(C(=O)N2CCC(C)CC2)cc1S(=O)(=O)Cl. The van der Waals surface area contributed by atoms with E-state index in [0.29, 0.717) is 24.6 Å². The Balaban J connectivity index is 2.30. The summed E-state index contributed by atoms with van der Waals surface area (Å²) in [6.45, 7) is 3.54. The second-order valence-corrected chi connectivity index (χ2v) is 7.81. The Morgan fingerprint density at radius 3 is 2.48 bits per heavy atom. The molecule has 1 aromatic rings. The number of hydrogen-bond donors (Lipinski definition) is 0. The number of halogens is 1. The maximum absolute atomic E-state index is 12.4. The molecule has 7 heteroatoms. The number of ether oxygens (including phenoxy) is 1. The molecule has 5 nitrogen and oxygen atoms in total. The summed E-state index contributed by atoms with van der Waals surface area (Å²) < 4.78 is 28.1. The van der Waals surface area contributed by atoms with E-state index in [1.807, 2.05) is 0 Å². The van der Waals surface area contributed by atoms with Crippen LogP contribution in [0.2, 0.25) is 0 Å². The Morgan fingerprint density at radius 1 is 1.33 bits per heavy atom. The summed E-state index contributed by atoms with van der Waals surface area (Å²) in [6.07, 6.45) is 1.92. The Bertz CT molecular complexity index is 636. The number of carbonyl (C=O) groups is 1. The third-order valence-electron chi connectivity index (χ3n) is 3.74. The van der Waals surface area contributed by atoms with Crippen molar-refractivity contribution in [1.29, 1.82) is 0 Å². The molecule has 1 heterocycles. The summed E-state index contributed by atoms with van der Waals surface area (Å²) in [4.78, 5) is 14.0. The van der Waals surface area contributed by atoms with Crippen LogP contribution in [-0.2, 0) is 9.05 Å². The summed E-state index contributed by atoms with van der Waals surface area (Å²) in [5.74, 6) is 0.573. The third-order valence-corrected chi connectivity index (χ3v) is 5.09. The monoisotopic (exact) mass is 331 g/mol. The van der Waals surface area contributed by atoms with E-state index in [1.54, 1.807) is 11.0 Å². The van der Waals surface area contributed by atoms with Crippen LogP contribution >= 0.6 is 10.7 Å². The van der Waals surface area contributed by atoms with Crippen molar-refractivity contribution in [1.82, 2.24) is 4.90 Å².